The number of carbonyl (C=O) groups excluding carboxylic acids is 2. The second-order valence-corrected chi connectivity index (χ2v) is 5.98. The number of nitrogens with one attached hydrogen (secondary N) is 1. The number of rotatable bonds is 12. The Labute approximate surface area is 135 Å². The Morgan fingerprint density at radius 3 is 2.00 bits per heavy atom. The normalized spacial score (nSPS) is 11.3. The molecule has 0 aliphatic carbocycles. The fraction of sp³-hybridized carbons (Fsp3) is 0.882. The average Bonchev–Trinajstić information content (AvgIpc) is 2.45. The van der Waals surface area contributed by atoms with Crippen molar-refractivity contribution in [3.05, 3.63) is 0 Å². The van der Waals surface area contributed by atoms with Gasteiger partial charge in [-0.05, 0) is 18.8 Å². The van der Waals surface area contributed by atoms with Crippen LogP contribution in [0.4, 0.5) is 0 Å². The zero-order valence-electron chi connectivity index (χ0n) is 14.5. The minimum absolute atomic E-state index is 0.239. The van der Waals surface area contributed by atoms with E-state index < -0.39 is 6.04 Å². The summed E-state index contributed by atoms with van der Waals surface area (Å²) in [6.45, 7) is 6.88. The third kappa shape index (κ3) is 18.8. The van der Waals surface area contributed by atoms with Crippen LogP contribution in [0.1, 0.15) is 78.6 Å². The molecular weight excluding hydrogens is 280 g/mol. The summed E-state index contributed by atoms with van der Waals surface area (Å²) in [5, 5.41) is 5.40. The number of unbranched alkanes of at least 4 members (excludes halogenated alkanes) is 7. The third-order valence-corrected chi connectivity index (χ3v) is 3.27. The van der Waals surface area contributed by atoms with E-state index in [4.69, 9.17) is 20.7 Å². The molecule has 0 radical (unpaired) electrons. The topological polar surface area (TPSA) is 93.2 Å². The average molecular weight is 314 g/mol. The van der Waals surface area contributed by atoms with Crippen LogP contribution in [-0.4, -0.2) is 24.7 Å². The van der Waals surface area contributed by atoms with E-state index in [1.807, 2.05) is 0 Å². The Kier molecular flexibility index (Phi) is 18.7. The van der Waals surface area contributed by atoms with E-state index in [1.165, 1.54) is 38.5 Å². The van der Waals surface area contributed by atoms with Crippen LogP contribution < -0.4 is 5.73 Å². The fourth-order valence-corrected chi connectivity index (χ4v) is 2.12. The summed E-state index contributed by atoms with van der Waals surface area (Å²) in [6, 6.07) is -0.450. The van der Waals surface area contributed by atoms with Gasteiger partial charge in [-0.1, -0.05) is 65.7 Å². The molecule has 130 valence electrons. The molecule has 0 amide bonds. The maximum absolute atomic E-state index is 11.5. The van der Waals surface area contributed by atoms with E-state index >= 15 is 0 Å². The molecule has 5 heteroatoms. The van der Waals surface area contributed by atoms with Crippen molar-refractivity contribution in [2.75, 3.05) is 6.61 Å². The molecule has 0 unspecified atom stereocenters. The number of hydrogen-bond donors (Lipinski definition) is 2. The molecule has 0 aromatic heterocycles. The first-order valence-corrected chi connectivity index (χ1v) is 8.45. The highest BCUT2D eigenvalue weighted by molar-refractivity contribution is 5.75. The lowest BCUT2D eigenvalue weighted by Crippen LogP contribution is -2.33. The van der Waals surface area contributed by atoms with Gasteiger partial charge in [0.15, 0.2) is 0 Å². The van der Waals surface area contributed by atoms with Crippen LogP contribution in [0.25, 0.3) is 0 Å². The maximum atomic E-state index is 11.5. The van der Waals surface area contributed by atoms with E-state index in [1.54, 1.807) is 0 Å². The molecule has 22 heavy (non-hydrogen) atoms. The van der Waals surface area contributed by atoms with E-state index in [9.17, 15) is 4.79 Å². The summed E-state index contributed by atoms with van der Waals surface area (Å²) in [6.07, 6.45) is 11.5. The van der Waals surface area contributed by atoms with Gasteiger partial charge in [-0.3, -0.25) is 4.79 Å². The Morgan fingerprint density at radius 2 is 1.55 bits per heavy atom. The molecule has 0 aromatic carbocycles. The smallest absolute Gasteiger partial charge is 0.322 e. The molecule has 3 N–H and O–H groups in total. The second-order valence-electron chi connectivity index (χ2n) is 5.98. The lowest BCUT2D eigenvalue weighted by Gasteiger charge is -2.13. The highest BCUT2D eigenvalue weighted by atomic mass is 16.5. The van der Waals surface area contributed by atoms with Crippen molar-refractivity contribution in [2.45, 2.75) is 84.6 Å². The first kappa shape index (κ1) is 23.1. The van der Waals surface area contributed by atoms with Gasteiger partial charge < -0.3 is 10.5 Å². The van der Waals surface area contributed by atoms with Gasteiger partial charge >= 0.3 is 5.97 Å². The van der Waals surface area contributed by atoms with Crippen molar-refractivity contribution >= 4 is 12.0 Å². The van der Waals surface area contributed by atoms with Crippen LogP contribution in [-0.2, 0) is 14.3 Å². The quantitative estimate of drug-likeness (QED) is 0.247. The molecule has 0 aliphatic rings. The van der Waals surface area contributed by atoms with Crippen LogP contribution in [0.15, 0.2) is 0 Å². The van der Waals surface area contributed by atoms with Gasteiger partial charge in [-0.2, -0.15) is 0 Å². The van der Waals surface area contributed by atoms with Crippen molar-refractivity contribution in [1.82, 2.24) is 0 Å². The summed E-state index contributed by atoms with van der Waals surface area (Å²) in [4.78, 5) is 19.9. The predicted octanol–water partition coefficient (Wildman–Crippen LogP) is 3.94. The number of ether oxygens (including phenoxy) is 1. The largest absolute Gasteiger partial charge is 0.465 e. The molecule has 0 spiro atoms. The first-order chi connectivity index (χ1) is 10.5. The van der Waals surface area contributed by atoms with Gasteiger partial charge in [0.2, 0.25) is 6.08 Å². The molecule has 0 aliphatic heterocycles. The van der Waals surface area contributed by atoms with Crippen LogP contribution in [0.2, 0.25) is 0 Å². The molecule has 0 saturated heterocycles. The predicted molar refractivity (Wildman–Crippen MR) is 89.4 cm³/mol. The first-order valence-electron chi connectivity index (χ1n) is 8.45. The lowest BCUT2D eigenvalue weighted by atomic mass is 10.1. The number of hydrogen-bond acceptors (Lipinski definition) is 5. The second kappa shape index (κ2) is 17.9. The summed E-state index contributed by atoms with van der Waals surface area (Å²) in [5.74, 6) is 0.197. The molecular formula is C17H34N2O3. The van der Waals surface area contributed by atoms with Gasteiger partial charge in [-0.25, -0.2) is 10.2 Å². The Hall–Kier alpha value is -1.19. The molecule has 1 atom stereocenters. The Balaban J connectivity index is 0. The van der Waals surface area contributed by atoms with Gasteiger partial charge in [0.05, 0.1) is 6.61 Å². The standard InChI is InChI=1S/C16H33NO2.CHNO/c1-4-5-6-7-8-9-10-11-12-19-16(18)15(17)13-14(2)3;2-1-3/h14-15H,4-13,17H2,1-3H3;2H/t15-;/m0./s1. The zero-order valence-corrected chi connectivity index (χ0v) is 14.5. The SMILES string of the molecule is CCCCCCCCCCOC(=O)[C@@H](N)CC(C)C.N=C=O. The summed E-state index contributed by atoms with van der Waals surface area (Å²) in [7, 11) is 0. The summed E-state index contributed by atoms with van der Waals surface area (Å²) >= 11 is 0. The van der Waals surface area contributed by atoms with Gasteiger partial charge in [0.1, 0.15) is 6.04 Å². The summed E-state index contributed by atoms with van der Waals surface area (Å²) < 4.78 is 5.19. The molecule has 0 rings (SSSR count). The van der Waals surface area contributed by atoms with Crippen LogP contribution in [0.5, 0.6) is 0 Å². The van der Waals surface area contributed by atoms with E-state index in [0.717, 1.165) is 18.9 Å². The fourth-order valence-electron chi connectivity index (χ4n) is 2.12. The van der Waals surface area contributed by atoms with Gasteiger partial charge in [0.25, 0.3) is 0 Å². The Bertz CT molecular complexity index is 288. The molecule has 0 saturated carbocycles. The molecule has 0 bridgehead atoms. The van der Waals surface area contributed by atoms with Crippen molar-refractivity contribution in [2.24, 2.45) is 11.7 Å². The van der Waals surface area contributed by atoms with Crippen molar-refractivity contribution in [3.8, 4) is 0 Å². The molecule has 0 fully saturated rings. The zero-order chi connectivity index (χ0) is 17.2. The van der Waals surface area contributed by atoms with Crippen molar-refractivity contribution < 1.29 is 14.3 Å². The van der Waals surface area contributed by atoms with Crippen LogP contribution in [0, 0.1) is 11.3 Å². The lowest BCUT2D eigenvalue weighted by molar-refractivity contribution is -0.145. The van der Waals surface area contributed by atoms with E-state index in [2.05, 4.69) is 20.8 Å². The number of nitrogens with two attached hydrogens (primary N) is 1. The molecule has 0 aromatic rings. The highest BCUT2D eigenvalue weighted by Crippen LogP contribution is 2.09. The minimum Gasteiger partial charge on any atom is -0.465 e. The van der Waals surface area contributed by atoms with Crippen LogP contribution in [0.3, 0.4) is 0 Å². The molecule has 0 heterocycles. The molecule has 5 nitrogen and oxygen atoms in total. The van der Waals surface area contributed by atoms with Crippen LogP contribution >= 0.6 is 0 Å². The third-order valence-electron chi connectivity index (χ3n) is 3.27. The Morgan fingerprint density at radius 1 is 1.09 bits per heavy atom. The summed E-state index contributed by atoms with van der Waals surface area (Å²) in [5.41, 5.74) is 5.75. The maximum Gasteiger partial charge on any atom is 0.322 e. The minimum atomic E-state index is -0.450. The monoisotopic (exact) mass is 314 g/mol. The van der Waals surface area contributed by atoms with E-state index in [0.29, 0.717) is 18.9 Å². The van der Waals surface area contributed by atoms with Gasteiger partial charge in [0, 0.05) is 0 Å². The number of isocyanates is 1. The van der Waals surface area contributed by atoms with Crippen molar-refractivity contribution in [3.63, 3.8) is 0 Å². The van der Waals surface area contributed by atoms with Crippen molar-refractivity contribution in [1.29, 1.82) is 5.41 Å². The van der Waals surface area contributed by atoms with Gasteiger partial charge in [-0.15, -0.1) is 0 Å². The number of carbonyl (C=O) groups is 1. The number of esters is 1. The highest BCUT2D eigenvalue weighted by Gasteiger charge is 2.15. The van der Waals surface area contributed by atoms with E-state index in [-0.39, 0.29) is 5.97 Å².